The van der Waals surface area contributed by atoms with E-state index in [0.717, 1.165) is 13.0 Å². The fraction of sp³-hybridized carbons (Fsp3) is 0.556. The normalized spacial score (nSPS) is 10.3. The van der Waals surface area contributed by atoms with E-state index in [1.807, 2.05) is 7.05 Å². The molecule has 0 bridgehead atoms. The van der Waals surface area contributed by atoms with Crippen LogP contribution in [0.5, 0.6) is 0 Å². The van der Waals surface area contributed by atoms with Gasteiger partial charge in [0, 0.05) is 19.7 Å². The molecule has 1 N–H and O–H groups in total. The summed E-state index contributed by atoms with van der Waals surface area (Å²) in [5, 5.41) is 6.95. The Morgan fingerprint density at radius 3 is 3.00 bits per heavy atom. The van der Waals surface area contributed by atoms with Crippen LogP contribution < -0.4 is 5.32 Å². The largest absolute Gasteiger partial charge is 0.320 e. The van der Waals surface area contributed by atoms with Crippen LogP contribution in [-0.4, -0.2) is 29.2 Å². The van der Waals surface area contributed by atoms with Crippen LogP contribution in [0.15, 0.2) is 12.3 Å². The number of nitrogens with one attached hydrogen (secondary N) is 1. The lowest BCUT2D eigenvalue weighted by Crippen LogP contribution is -2.12. The van der Waals surface area contributed by atoms with Gasteiger partial charge in [-0.15, -0.1) is 0 Å². The summed E-state index contributed by atoms with van der Waals surface area (Å²) in [6.45, 7) is 0.879. The summed E-state index contributed by atoms with van der Waals surface area (Å²) in [6, 6.07) is 1.75. The van der Waals surface area contributed by atoms with Crippen molar-refractivity contribution in [3.63, 3.8) is 0 Å². The van der Waals surface area contributed by atoms with Crippen LogP contribution in [0.3, 0.4) is 0 Å². The molecule has 1 aromatic rings. The summed E-state index contributed by atoms with van der Waals surface area (Å²) in [7, 11) is 3.67. The lowest BCUT2D eigenvalue weighted by molar-refractivity contribution is 0.0971. The number of Topliss-reactive ketones (excluding diaryl/α,β-unsaturated/α-hetero) is 1. The molecule has 0 unspecified atom stereocenters. The van der Waals surface area contributed by atoms with Crippen LogP contribution in [0.4, 0.5) is 0 Å². The zero-order chi connectivity index (χ0) is 9.68. The van der Waals surface area contributed by atoms with E-state index in [2.05, 4.69) is 10.4 Å². The van der Waals surface area contributed by atoms with Crippen molar-refractivity contribution >= 4 is 5.78 Å². The van der Waals surface area contributed by atoms with E-state index in [-0.39, 0.29) is 5.78 Å². The van der Waals surface area contributed by atoms with Crippen molar-refractivity contribution in [2.75, 3.05) is 13.6 Å². The maximum absolute atomic E-state index is 11.5. The van der Waals surface area contributed by atoms with E-state index in [4.69, 9.17) is 0 Å². The number of rotatable bonds is 5. The van der Waals surface area contributed by atoms with Crippen LogP contribution in [0.2, 0.25) is 0 Å². The maximum atomic E-state index is 11.5. The Labute approximate surface area is 77.9 Å². The zero-order valence-corrected chi connectivity index (χ0v) is 8.08. The molecule has 0 aromatic carbocycles. The van der Waals surface area contributed by atoms with Gasteiger partial charge in [-0.25, -0.2) is 0 Å². The summed E-state index contributed by atoms with van der Waals surface area (Å²) < 4.78 is 1.61. The lowest BCUT2D eigenvalue weighted by atomic mass is 10.1. The maximum Gasteiger partial charge on any atom is 0.180 e. The molecule has 1 heterocycles. The predicted molar refractivity (Wildman–Crippen MR) is 50.7 cm³/mol. The molecule has 0 saturated heterocycles. The molecule has 4 heteroatoms. The second-order valence-corrected chi connectivity index (χ2v) is 2.97. The van der Waals surface area contributed by atoms with Crippen molar-refractivity contribution < 1.29 is 4.79 Å². The first kappa shape index (κ1) is 9.92. The molecular formula is C9H15N3O. The van der Waals surface area contributed by atoms with Crippen molar-refractivity contribution in [2.45, 2.75) is 12.8 Å². The summed E-state index contributed by atoms with van der Waals surface area (Å²) in [5.41, 5.74) is 0.691. The van der Waals surface area contributed by atoms with E-state index in [1.54, 1.807) is 24.0 Å². The molecule has 0 aliphatic carbocycles. The van der Waals surface area contributed by atoms with Crippen LogP contribution >= 0.6 is 0 Å². The average molecular weight is 181 g/mol. The summed E-state index contributed by atoms with van der Waals surface area (Å²) in [5.74, 6) is 0.162. The number of carbonyl (C=O) groups is 1. The molecule has 0 spiro atoms. The number of hydrogen-bond acceptors (Lipinski definition) is 3. The molecule has 72 valence electrons. The number of aromatic nitrogens is 2. The number of carbonyl (C=O) groups excluding carboxylic acids is 1. The third-order valence-corrected chi connectivity index (χ3v) is 1.94. The van der Waals surface area contributed by atoms with E-state index in [9.17, 15) is 4.79 Å². The summed E-state index contributed by atoms with van der Waals surface area (Å²) >= 11 is 0. The van der Waals surface area contributed by atoms with Gasteiger partial charge in [-0.2, -0.15) is 5.10 Å². The van der Waals surface area contributed by atoms with Crippen molar-refractivity contribution in [2.24, 2.45) is 7.05 Å². The first-order valence-corrected chi connectivity index (χ1v) is 4.41. The minimum Gasteiger partial charge on any atom is -0.320 e. The van der Waals surface area contributed by atoms with E-state index in [1.165, 1.54) is 0 Å². The van der Waals surface area contributed by atoms with Crippen LogP contribution in [0.1, 0.15) is 23.3 Å². The number of aryl methyl sites for hydroxylation is 1. The fourth-order valence-corrected chi connectivity index (χ4v) is 1.20. The molecule has 1 aromatic heterocycles. The van der Waals surface area contributed by atoms with Crippen molar-refractivity contribution in [3.05, 3.63) is 18.0 Å². The molecule has 0 fully saturated rings. The third-order valence-electron chi connectivity index (χ3n) is 1.94. The lowest BCUT2D eigenvalue weighted by Gasteiger charge is -2.00. The molecular weight excluding hydrogens is 166 g/mol. The molecule has 0 aliphatic heterocycles. The molecule has 0 aliphatic rings. The van der Waals surface area contributed by atoms with Gasteiger partial charge in [0.1, 0.15) is 5.69 Å². The molecule has 4 nitrogen and oxygen atoms in total. The highest BCUT2D eigenvalue weighted by Crippen LogP contribution is 2.02. The van der Waals surface area contributed by atoms with Gasteiger partial charge >= 0.3 is 0 Å². The molecule has 0 atom stereocenters. The van der Waals surface area contributed by atoms with E-state index >= 15 is 0 Å². The first-order valence-electron chi connectivity index (χ1n) is 4.41. The van der Waals surface area contributed by atoms with Gasteiger partial charge < -0.3 is 5.32 Å². The van der Waals surface area contributed by atoms with Gasteiger partial charge in [0.15, 0.2) is 5.78 Å². The molecule has 0 saturated carbocycles. The second-order valence-electron chi connectivity index (χ2n) is 2.97. The Morgan fingerprint density at radius 2 is 2.46 bits per heavy atom. The summed E-state index contributed by atoms with van der Waals surface area (Å²) in [6.07, 6.45) is 3.10. The topological polar surface area (TPSA) is 46.9 Å². The highest BCUT2D eigenvalue weighted by molar-refractivity contribution is 5.94. The van der Waals surface area contributed by atoms with Crippen LogP contribution in [0, 0.1) is 0 Å². The minimum atomic E-state index is 0.162. The SMILES string of the molecule is CNCCCC(=O)c1ccnn1C. The fourth-order valence-electron chi connectivity index (χ4n) is 1.20. The smallest absolute Gasteiger partial charge is 0.180 e. The van der Waals surface area contributed by atoms with Crippen LogP contribution in [0.25, 0.3) is 0 Å². The van der Waals surface area contributed by atoms with Gasteiger partial charge in [0.2, 0.25) is 0 Å². The predicted octanol–water partition coefficient (Wildman–Crippen LogP) is 0.602. The monoisotopic (exact) mass is 181 g/mol. The third kappa shape index (κ3) is 2.66. The Balaban J connectivity index is 2.45. The van der Waals surface area contributed by atoms with Crippen molar-refractivity contribution in [1.82, 2.24) is 15.1 Å². The standard InChI is InChI=1S/C9H15N3O/c1-10-6-3-4-9(13)8-5-7-11-12(8)2/h5,7,10H,3-4,6H2,1-2H3. The van der Waals surface area contributed by atoms with Gasteiger partial charge in [-0.05, 0) is 26.1 Å². The number of hydrogen-bond donors (Lipinski definition) is 1. The summed E-state index contributed by atoms with van der Waals surface area (Å²) in [4.78, 5) is 11.5. The highest BCUT2D eigenvalue weighted by atomic mass is 16.1. The van der Waals surface area contributed by atoms with Gasteiger partial charge in [-0.1, -0.05) is 0 Å². The van der Waals surface area contributed by atoms with E-state index < -0.39 is 0 Å². The Hall–Kier alpha value is -1.16. The quantitative estimate of drug-likeness (QED) is 0.534. The Kier molecular flexibility index (Phi) is 3.64. The average Bonchev–Trinajstić information content (AvgIpc) is 2.52. The zero-order valence-electron chi connectivity index (χ0n) is 8.08. The van der Waals surface area contributed by atoms with Gasteiger partial charge in [0.05, 0.1) is 0 Å². The van der Waals surface area contributed by atoms with Gasteiger partial charge in [-0.3, -0.25) is 9.48 Å². The Morgan fingerprint density at radius 1 is 1.69 bits per heavy atom. The van der Waals surface area contributed by atoms with Crippen LogP contribution in [-0.2, 0) is 7.05 Å². The van der Waals surface area contributed by atoms with E-state index in [0.29, 0.717) is 12.1 Å². The number of nitrogens with zero attached hydrogens (tertiary/aromatic N) is 2. The molecule has 0 amide bonds. The second kappa shape index (κ2) is 4.77. The number of ketones is 1. The highest BCUT2D eigenvalue weighted by Gasteiger charge is 2.08. The molecule has 0 radical (unpaired) electrons. The molecule has 1 rings (SSSR count). The molecule has 13 heavy (non-hydrogen) atoms. The van der Waals surface area contributed by atoms with Crippen molar-refractivity contribution in [1.29, 1.82) is 0 Å². The Bertz CT molecular complexity index is 280. The van der Waals surface area contributed by atoms with Crippen molar-refractivity contribution in [3.8, 4) is 0 Å². The van der Waals surface area contributed by atoms with Gasteiger partial charge in [0.25, 0.3) is 0 Å². The first-order chi connectivity index (χ1) is 6.25. The minimum absolute atomic E-state index is 0.162.